The summed E-state index contributed by atoms with van der Waals surface area (Å²) in [4.78, 5) is 0. The predicted molar refractivity (Wildman–Crippen MR) is 94.8 cm³/mol. The van der Waals surface area contributed by atoms with E-state index in [2.05, 4.69) is 24.1 Å². The first-order valence-electron chi connectivity index (χ1n) is 8.75. The molecule has 0 saturated carbocycles. The molecule has 25 heavy (non-hydrogen) atoms. The average Bonchev–Trinajstić information content (AvgIpc) is 3.15. The number of rotatable bonds is 2. The zero-order valence-electron chi connectivity index (χ0n) is 14.2. The average molecular weight is 359 g/mol. The Hall–Kier alpha value is -1.67. The van der Waals surface area contributed by atoms with Crippen molar-refractivity contribution in [2.75, 3.05) is 27.0 Å². The molecule has 0 radical (unpaired) electrons. The Labute approximate surface area is 152 Å². The third-order valence-electron chi connectivity index (χ3n) is 6.36. The van der Waals surface area contributed by atoms with Crippen molar-refractivity contribution < 1.29 is 18.7 Å². The fourth-order valence-corrected chi connectivity index (χ4v) is 5.62. The van der Waals surface area contributed by atoms with E-state index in [-0.39, 0.29) is 11.5 Å². The van der Waals surface area contributed by atoms with Crippen LogP contribution in [-0.4, -0.2) is 49.0 Å². The number of nitrogens with zero attached hydrogens (tertiary/aromatic N) is 1. The van der Waals surface area contributed by atoms with Crippen LogP contribution in [0.5, 0.6) is 11.5 Å². The van der Waals surface area contributed by atoms with Gasteiger partial charge in [-0.25, -0.2) is 0 Å². The molecular formula is C20H21ClNO3+. The topological polar surface area (TPSA) is 27.7 Å². The first-order chi connectivity index (χ1) is 12.1. The predicted octanol–water partition coefficient (Wildman–Crippen LogP) is 2.80. The molecule has 4 aliphatic rings. The number of hydrogen-bond acceptors (Lipinski definition) is 3. The fraction of sp³-hybridized carbons (Fsp3) is 0.500. The van der Waals surface area contributed by atoms with Crippen molar-refractivity contribution in [1.29, 1.82) is 0 Å². The van der Waals surface area contributed by atoms with Gasteiger partial charge in [-0.15, -0.1) is 18.0 Å². The molecule has 1 aromatic rings. The number of fused-ring (bicyclic) bond motifs is 8. The van der Waals surface area contributed by atoms with Crippen LogP contribution in [0.2, 0.25) is 0 Å². The standard InChI is InChI=1S/C20H21ClNO3/c1-3-4-22-9-12-5-19-20(25-11-24-19)7-13(12)15(10-22)14-6-16(21)18(23-2)8-17(14)22/h1,5-7,15-18H,4,8-11H2,2H3/q+1/t15-,16-,17-,18-,22+/m0/s1. The Morgan fingerprint density at radius 2 is 2.16 bits per heavy atom. The molecule has 3 heterocycles. The largest absolute Gasteiger partial charge is 0.454 e. The summed E-state index contributed by atoms with van der Waals surface area (Å²) in [7, 11) is 1.74. The smallest absolute Gasteiger partial charge is 0.231 e. The number of quaternary nitrogens is 1. The second-order valence-corrected chi connectivity index (χ2v) is 8.02. The minimum Gasteiger partial charge on any atom is -0.454 e. The molecule has 0 unspecified atom stereocenters. The molecule has 1 aliphatic carbocycles. The van der Waals surface area contributed by atoms with E-state index in [4.69, 9.17) is 32.2 Å². The molecule has 130 valence electrons. The van der Waals surface area contributed by atoms with Gasteiger partial charge in [-0.05, 0) is 29.2 Å². The summed E-state index contributed by atoms with van der Waals surface area (Å²) in [6.07, 6.45) is 8.97. The minimum atomic E-state index is -0.0832. The maximum absolute atomic E-state index is 6.59. The summed E-state index contributed by atoms with van der Waals surface area (Å²) >= 11 is 6.59. The molecule has 2 bridgehead atoms. The maximum atomic E-state index is 6.59. The van der Waals surface area contributed by atoms with Crippen LogP contribution in [0.4, 0.5) is 0 Å². The van der Waals surface area contributed by atoms with Crippen molar-refractivity contribution in [3.05, 3.63) is 34.9 Å². The van der Waals surface area contributed by atoms with Crippen LogP contribution in [0.25, 0.3) is 0 Å². The second kappa shape index (κ2) is 5.41. The summed E-state index contributed by atoms with van der Waals surface area (Å²) in [5.41, 5.74) is 4.11. The molecular weight excluding hydrogens is 338 g/mol. The van der Waals surface area contributed by atoms with Crippen LogP contribution >= 0.6 is 11.6 Å². The number of methoxy groups -OCH3 is 1. The Morgan fingerprint density at radius 3 is 2.92 bits per heavy atom. The van der Waals surface area contributed by atoms with Crippen molar-refractivity contribution in [2.45, 2.75) is 36.4 Å². The number of terminal acetylenes is 1. The third kappa shape index (κ3) is 2.10. The number of benzene rings is 1. The van der Waals surface area contributed by atoms with Crippen LogP contribution in [0.3, 0.4) is 0 Å². The van der Waals surface area contributed by atoms with E-state index >= 15 is 0 Å². The van der Waals surface area contributed by atoms with Crippen LogP contribution < -0.4 is 9.47 Å². The maximum Gasteiger partial charge on any atom is 0.231 e. The highest BCUT2D eigenvalue weighted by Crippen LogP contribution is 2.54. The van der Waals surface area contributed by atoms with Gasteiger partial charge in [-0.3, -0.25) is 0 Å². The van der Waals surface area contributed by atoms with Crippen LogP contribution in [-0.2, 0) is 11.3 Å². The zero-order chi connectivity index (χ0) is 17.2. The van der Waals surface area contributed by atoms with Gasteiger partial charge in [0.05, 0.1) is 23.9 Å². The van der Waals surface area contributed by atoms with E-state index in [1.54, 1.807) is 7.11 Å². The monoisotopic (exact) mass is 358 g/mol. The molecule has 0 amide bonds. The molecule has 1 fully saturated rings. The number of halogens is 1. The van der Waals surface area contributed by atoms with Gasteiger partial charge in [0.15, 0.2) is 11.5 Å². The number of ether oxygens (including phenoxy) is 3. The van der Waals surface area contributed by atoms with Gasteiger partial charge in [-0.1, -0.05) is 6.08 Å². The van der Waals surface area contributed by atoms with Crippen LogP contribution in [0, 0.1) is 12.3 Å². The molecule has 3 aliphatic heterocycles. The summed E-state index contributed by atoms with van der Waals surface area (Å²) < 4.78 is 17.8. The van der Waals surface area contributed by atoms with Gasteiger partial charge >= 0.3 is 0 Å². The summed E-state index contributed by atoms with van der Waals surface area (Å²) in [5, 5.41) is -0.0832. The van der Waals surface area contributed by atoms with Crippen molar-refractivity contribution in [2.24, 2.45) is 0 Å². The van der Waals surface area contributed by atoms with Crippen molar-refractivity contribution >= 4 is 11.6 Å². The van der Waals surface area contributed by atoms with Gasteiger partial charge in [0.1, 0.15) is 19.1 Å². The highest BCUT2D eigenvalue weighted by molar-refractivity contribution is 6.22. The summed E-state index contributed by atoms with van der Waals surface area (Å²) in [6.45, 7) is 3.00. The van der Waals surface area contributed by atoms with Crippen molar-refractivity contribution in [3.63, 3.8) is 0 Å². The van der Waals surface area contributed by atoms with E-state index in [9.17, 15) is 0 Å². The van der Waals surface area contributed by atoms with E-state index in [0.29, 0.717) is 18.8 Å². The molecule has 0 N–H and O–H groups in total. The van der Waals surface area contributed by atoms with Gasteiger partial charge in [0, 0.05) is 19.1 Å². The lowest BCUT2D eigenvalue weighted by Gasteiger charge is -2.42. The molecule has 0 aromatic heterocycles. The quantitative estimate of drug-likeness (QED) is 0.352. The Morgan fingerprint density at radius 1 is 1.36 bits per heavy atom. The summed E-state index contributed by atoms with van der Waals surface area (Å²) in [6, 6.07) is 4.70. The van der Waals surface area contributed by atoms with Crippen molar-refractivity contribution in [1.82, 2.24) is 0 Å². The molecule has 5 heteroatoms. The SMILES string of the molecule is C#CC[N@@+]12Cc3cc4c(cc3[C@H](C1)C1=C[C@H](Cl)[C@@H](OC)C[C@@H]12)OCO4. The first kappa shape index (κ1) is 15.6. The Balaban J connectivity index is 1.65. The van der Waals surface area contributed by atoms with Gasteiger partial charge in [-0.2, -0.15) is 0 Å². The highest BCUT2D eigenvalue weighted by atomic mass is 35.5. The molecule has 5 rings (SSSR count). The van der Waals surface area contributed by atoms with Crippen LogP contribution in [0.1, 0.15) is 23.5 Å². The first-order valence-corrected chi connectivity index (χ1v) is 9.19. The normalized spacial score (nSPS) is 37.1. The van der Waals surface area contributed by atoms with Gasteiger partial charge < -0.3 is 18.7 Å². The van der Waals surface area contributed by atoms with E-state index in [1.165, 1.54) is 16.7 Å². The lowest BCUT2D eigenvalue weighted by molar-refractivity contribution is -0.945. The zero-order valence-corrected chi connectivity index (χ0v) is 15.0. The third-order valence-corrected chi connectivity index (χ3v) is 6.77. The lowest BCUT2D eigenvalue weighted by atomic mass is 9.83. The van der Waals surface area contributed by atoms with Gasteiger partial charge in [0.2, 0.25) is 6.79 Å². The molecule has 4 nitrogen and oxygen atoms in total. The number of alkyl halides is 1. The van der Waals surface area contributed by atoms with Crippen molar-refractivity contribution in [3.8, 4) is 23.8 Å². The molecule has 1 saturated heterocycles. The van der Waals surface area contributed by atoms with Crippen LogP contribution in [0.15, 0.2) is 23.8 Å². The van der Waals surface area contributed by atoms with E-state index in [1.807, 2.05) is 0 Å². The molecule has 0 spiro atoms. The van der Waals surface area contributed by atoms with E-state index < -0.39 is 0 Å². The molecule has 1 aromatic carbocycles. The van der Waals surface area contributed by atoms with Gasteiger partial charge in [0.25, 0.3) is 0 Å². The summed E-state index contributed by atoms with van der Waals surface area (Å²) in [5.74, 6) is 4.99. The minimum absolute atomic E-state index is 0.0438. The second-order valence-electron chi connectivity index (χ2n) is 7.52. The lowest BCUT2D eigenvalue weighted by Crippen LogP contribution is -2.55. The number of hydrogen-bond donors (Lipinski definition) is 0. The highest BCUT2D eigenvalue weighted by Gasteiger charge is 2.56. The molecule has 5 atom stereocenters. The Bertz CT molecular complexity index is 814. The van der Waals surface area contributed by atoms with E-state index in [0.717, 1.165) is 42.0 Å². The fourth-order valence-electron chi connectivity index (χ4n) is 5.26. The Kier molecular flexibility index (Phi) is 3.37.